The number of Topliss-reactive ketones (excluding diaryl/α,β-unsaturated/α-hetero) is 1. The Morgan fingerprint density at radius 2 is 2.17 bits per heavy atom. The van der Waals surface area contributed by atoms with E-state index >= 15 is 0 Å². The van der Waals surface area contributed by atoms with Gasteiger partial charge in [-0.3, -0.25) is 4.79 Å². The van der Waals surface area contributed by atoms with Gasteiger partial charge in [0.05, 0.1) is 5.60 Å². The molecule has 0 saturated heterocycles. The van der Waals surface area contributed by atoms with Crippen LogP contribution in [0.15, 0.2) is 0 Å². The molecule has 0 aromatic rings. The van der Waals surface area contributed by atoms with Gasteiger partial charge < -0.3 is 5.11 Å². The molecule has 0 aromatic carbocycles. The minimum absolute atomic E-state index is 0.285. The van der Waals surface area contributed by atoms with Crippen LogP contribution in [0.25, 0.3) is 0 Å². The fourth-order valence-electron chi connectivity index (χ4n) is 2.65. The van der Waals surface area contributed by atoms with Gasteiger partial charge in [0, 0.05) is 12.8 Å². The highest BCUT2D eigenvalue weighted by molar-refractivity contribution is 5.79. The van der Waals surface area contributed by atoms with Gasteiger partial charge in [-0.25, -0.2) is 0 Å². The van der Waals surface area contributed by atoms with Crippen LogP contribution in [0, 0.1) is 5.92 Å². The zero-order chi connectivity index (χ0) is 8.60. The van der Waals surface area contributed by atoms with E-state index in [0.717, 1.165) is 25.7 Å². The lowest BCUT2D eigenvalue weighted by molar-refractivity contribution is -0.134. The van der Waals surface area contributed by atoms with Crippen LogP contribution in [0.4, 0.5) is 0 Å². The van der Waals surface area contributed by atoms with Crippen LogP contribution in [0.5, 0.6) is 0 Å². The topological polar surface area (TPSA) is 37.3 Å². The predicted molar refractivity (Wildman–Crippen MR) is 45.8 cm³/mol. The third kappa shape index (κ3) is 1.28. The average Bonchev–Trinajstić information content (AvgIpc) is 2.06. The van der Waals surface area contributed by atoms with Crippen LogP contribution in [0.3, 0.4) is 0 Å². The molecule has 0 amide bonds. The molecule has 2 aliphatic rings. The summed E-state index contributed by atoms with van der Waals surface area (Å²) >= 11 is 0. The standard InChI is InChI=1S/C10H16O2/c11-9-4-6-10(12)5-2-1-3-8(10)7-9/h8,12H,1-7H2/t8-,10+/m0/s1. The van der Waals surface area contributed by atoms with Gasteiger partial charge in [0.15, 0.2) is 0 Å². The smallest absolute Gasteiger partial charge is 0.133 e. The summed E-state index contributed by atoms with van der Waals surface area (Å²) in [5.41, 5.74) is -0.466. The summed E-state index contributed by atoms with van der Waals surface area (Å²) in [6.07, 6.45) is 6.27. The lowest BCUT2D eigenvalue weighted by Crippen LogP contribution is -2.45. The van der Waals surface area contributed by atoms with Crippen molar-refractivity contribution >= 4 is 5.78 Å². The fraction of sp³-hybridized carbons (Fsp3) is 0.900. The molecule has 0 heterocycles. The Morgan fingerprint density at radius 3 is 3.00 bits per heavy atom. The van der Waals surface area contributed by atoms with Crippen LogP contribution in [0.2, 0.25) is 0 Å². The molecule has 0 radical (unpaired) electrons. The van der Waals surface area contributed by atoms with Crippen LogP contribution in [-0.2, 0) is 4.79 Å². The van der Waals surface area contributed by atoms with Crippen LogP contribution < -0.4 is 0 Å². The number of aliphatic hydroxyl groups is 1. The molecule has 0 bridgehead atoms. The largest absolute Gasteiger partial charge is 0.390 e. The van der Waals surface area contributed by atoms with Crippen molar-refractivity contribution in [1.29, 1.82) is 0 Å². The molecular formula is C10H16O2. The Hall–Kier alpha value is -0.370. The molecule has 2 rings (SSSR count). The first-order valence-electron chi connectivity index (χ1n) is 4.95. The summed E-state index contributed by atoms with van der Waals surface area (Å²) in [6.45, 7) is 0. The summed E-state index contributed by atoms with van der Waals surface area (Å²) in [6, 6.07) is 0. The van der Waals surface area contributed by atoms with Crippen molar-refractivity contribution in [1.82, 2.24) is 0 Å². The van der Waals surface area contributed by atoms with Crippen LogP contribution in [-0.4, -0.2) is 16.5 Å². The van der Waals surface area contributed by atoms with E-state index in [9.17, 15) is 9.90 Å². The quantitative estimate of drug-likeness (QED) is 0.597. The van der Waals surface area contributed by atoms with Crippen LogP contribution >= 0.6 is 0 Å². The first-order chi connectivity index (χ1) is 5.71. The van der Waals surface area contributed by atoms with Gasteiger partial charge >= 0.3 is 0 Å². The Morgan fingerprint density at radius 1 is 1.33 bits per heavy atom. The number of carbonyl (C=O) groups is 1. The van der Waals surface area contributed by atoms with E-state index in [4.69, 9.17) is 0 Å². The minimum atomic E-state index is -0.466. The first kappa shape index (κ1) is 8.24. The van der Waals surface area contributed by atoms with E-state index in [1.165, 1.54) is 6.42 Å². The Balaban J connectivity index is 2.11. The lowest BCUT2D eigenvalue weighted by atomic mass is 9.67. The SMILES string of the molecule is O=C1CC[C@]2(O)CCCC[C@H]2C1. The Labute approximate surface area is 73.0 Å². The molecule has 2 saturated carbocycles. The molecule has 68 valence electrons. The van der Waals surface area contributed by atoms with Gasteiger partial charge in [-0.15, -0.1) is 0 Å². The van der Waals surface area contributed by atoms with Gasteiger partial charge in [0.25, 0.3) is 0 Å². The van der Waals surface area contributed by atoms with Gasteiger partial charge in [0.2, 0.25) is 0 Å². The van der Waals surface area contributed by atoms with Crippen molar-refractivity contribution in [2.24, 2.45) is 5.92 Å². The lowest BCUT2D eigenvalue weighted by Gasteiger charge is -2.42. The van der Waals surface area contributed by atoms with Gasteiger partial charge in [0.1, 0.15) is 5.78 Å². The highest BCUT2D eigenvalue weighted by Crippen LogP contribution is 2.42. The Bertz CT molecular complexity index is 200. The number of ketones is 1. The summed E-state index contributed by atoms with van der Waals surface area (Å²) in [4.78, 5) is 11.1. The monoisotopic (exact) mass is 168 g/mol. The summed E-state index contributed by atoms with van der Waals surface area (Å²) in [5.74, 6) is 0.638. The van der Waals surface area contributed by atoms with Crippen molar-refractivity contribution in [2.75, 3.05) is 0 Å². The zero-order valence-electron chi connectivity index (χ0n) is 7.38. The first-order valence-corrected chi connectivity index (χ1v) is 4.95. The van der Waals surface area contributed by atoms with Gasteiger partial charge in [-0.1, -0.05) is 12.8 Å². The van der Waals surface area contributed by atoms with Crippen molar-refractivity contribution in [3.05, 3.63) is 0 Å². The summed E-state index contributed by atoms with van der Waals surface area (Å²) in [7, 11) is 0. The van der Waals surface area contributed by atoms with E-state index in [2.05, 4.69) is 0 Å². The second-order valence-electron chi connectivity index (χ2n) is 4.29. The zero-order valence-corrected chi connectivity index (χ0v) is 7.38. The molecule has 0 aromatic heterocycles. The molecule has 12 heavy (non-hydrogen) atoms. The van der Waals surface area contributed by atoms with E-state index in [0.29, 0.717) is 18.6 Å². The predicted octanol–water partition coefficient (Wildman–Crippen LogP) is 1.66. The number of fused-ring (bicyclic) bond motifs is 1. The van der Waals surface area contributed by atoms with Crippen molar-refractivity contribution in [2.45, 2.75) is 50.5 Å². The molecule has 2 aliphatic carbocycles. The van der Waals surface area contributed by atoms with E-state index in [-0.39, 0.29) is 5.92 Å². The van der Waals surface area contributed by atoms with Gasteiger partial charge in [-0.2, -0.15) is 0 Å². The molecule has 0 unspecified atom stereocenters. The van der Waals surface area contributed by atoms with E-state index in [1.807, 2.05) is 0 Å². The third-order valence-corrected chi connectivity index (χ3v) is 3.48. The Kier molecular flexibility index (Phi) is 1.95. The third-order valence-electron chi connectivity index (χ3n) is 3.48. The average molecular weight is 168 g/mol. The maximum Gasteiger partial charge on any atom is 0.133 e. The maximum absolute atomic E-state index is 11.1. The van der Waals surface area contributed by atoms with Crippen molar-refractivity contribution in [3.8, 4) is 0 Å². The molecule has 0 aliphatic heterocycles. The highest BCUT2D eigenvalue weighted by atomic mass is 16.3. The second-order valence-corrected chi connectivity index (χ2v) is 4.29. The molecule has 2 heteroatoms. The molecule has 0 spiro atoms. The summed E-state index contributed by atoms with van der Waals surface area (Å²) in [5, 5.41) is 10.2. The number of hydrogen-bond donors (Lipinski definition) is 1. The van der Waals surface area contributed by atoms with E-state index in [1.54, 1.807) is 0 Å². The highest BCUT2D eigenvalue weighted by Gasteiger charge is 2.42. The molecule has 2 fully saturated rings. The molecular weight excluding hydrogens is 152 g/mol. The maximum atomic E-state index is 11.1. The number of hydrogen-bond acceptors (Lipinski definition) is 2. The number of rotatable bonds is 0. The van der Waals surface area contributed by atoms with Crippen molar-refractivity contribution in [3.63, 3.8) is 0 Å². The van der Waals surface area contributed by atoms with Crippen molar-refractivity contribution < 1.29 is 9.90 Å². The normalized spacial score (nSPS) is 42.4. The van der Waals surface area contributed by atoms with Gasteiger partial charge in [-0.05, 0) is 25.2 Å². The molecule has 2 atom stereocenters. The van der Waals surface area contributed by atoms with Crippen LogP contribution in [0.1, 0.15) is 44.9 Å². The number of carbonyl (C=O) groups excluding carboxylic acids is 1. The second kappa shape index (κ2) is 2.84. The minimum Gasteiger partial charge on any atom is -0.390 e. The molecule has 1 N–H and O–H groups in total. The van der Waals surface area contributed by atoms with E-state index < -0.39 is 5.60 Å². The summed E-state index contributed by atoms with van der Waals surface area (Å²) < 4.78 is 0. The molecule has 2 nitrogen and oxygen atoms in total. The fourth-order valence-corrected chi connectivity index (χ4v) is 2.65.